The molecule has 1 aliphatic carbocycles. The third kappa shape index (κ3) is 9.79. The highest BCUT2D eigenvalue weighted by Crippen LogP contribution is 2.22. The van der Waals surface area contributed by atoms with E-state index in [1.54, 1.807) is 0 Å². The Kier molecular flexibility index (Phi) is 8.39. The molecule has 0 heterocycles. The molecule has 2 N–H and O–H groups in total. The lowest BCUT2D eigenvalue weighted by Gasteiger charge is -2.22. The normalized spacial score (nSPS) is 16.5. The van der Waals surface area contributed by atoms with Crippen LogP contribution in [0, 0.1) is 5.41 Å². The molecule has 1 fully saturated rings. The average Bonchev–Trinajstić information content (AvgIpc) is 3.07. The van der Waals surface area contributed by atoms with Gasteiger partial charge in [0.25, 0.3) is 0 Å². The van der Waals surface area contributed by atoms with Crippen LogP contribution in [0.5, 0.6) is 0 Å². The minimum Gasteiger partial charge on any atom is -0.357 e. The first-order valence-electron chi connectivity index (χ1n) is 6.94. The summed E-state index contributed by atoms with van der Waals surface area (Å²) < 4.78 is 22.4. The van der Waals surface area contributed by atoms with Crippen molar-refractivity contribution >= 4 is 39.8 Å². The largest absolute Gasteiger partial charge is 0.357 e. The number of hydrogen-bond donors (Lipinski definition) is 2. The van der Waals surface area contributed by atoms with Gasteiger partial charge in [-0.2, -0.15) is 0 Å². The highest BCUT2D eigenvalue weighted by atomic mass is 127. The summed E-state index contributed by atoms with van der Waals surface area (Å²) in [6.45, 7) is 7.62. The highest BCUT2D eigenvalue weighted by Gasteiger charge is 2.23. The third-order valence-corrected chi connectivity index (χ3v) is 4.02. The Hall–Kier alpha value is -0.0500. The van der Waals surface area contributed by atoms with E-state index in [0.29, 0.717) is 19.0 Å². The number of nitrogens with one attached hydrogen (secondary N) is 2. The molecule has 0 aromatic carbocycles. The van der Waals surface area contributed by atoms with E-state index in [-0.39, 0.29) is 35.1 Å². The summed E-state index contributed by atoms with van der Waals surface area (Å²) in [5, 5.41) is 6.58. The molecule has 5 nitrogen and oxygen atoms in total. The fraction of sp³-hybridized carbons (Fsp3) is 0.923. The van der Waals surface area contributed by atoms with Crippen molar-refractivity contribution in [3.63, 3.8) is 0 Å². The molecule has 0 spiro atoms. The van der Waals surface area contributed by atoms with Crippen molar-refractivity contribution in [1.29, 1.82) is 0 Å². The van der Waals surface area contributed by atoms with E-state index in [9.17, 15) is 8.42 Å². The molecule has 0 aromatic heterocycles. The van der Waals surface area contributed by atoms with Crippen molar-refractivity contribution in [2.75, 3.05) is 25.1 Å². The molecule has 0 atom stereocenters. The zero-order valence-corrected chi connectivity index (χ0v) is 16.0. The molecule has 0 saturated heterocycles. The lowest BCUT2D eigenvalue weighted by atomic mass is 9.90. The van der Waals surface area contributed by atoms with Crippen molar-refractivity contribution in [2.24, 2.45) is 10.4 Å². The van der Waals surface area contributed by atoms with Crippen molar-refractivity contribution in [2.45, 2.75) is 46.1 Å². The van der Waals surface area contributed by atoms with Crippen molar-refractivity contribution in [3.05, 3.63) is 0 Å². The van der Waals surface area contributed by atoms with E-state index in [1.807, 2.05) is 6.92 Å². The van der Waals surface area contributed by atoms with Gasteiger partial charge in [-0.25, -0.2) is 8.42 Å². The maximum Gasteiger partial charge on any atom is 0.191 e. The van der Waals surface area contributed by atoms with Crippen LogP contribution in [0.2, 0.25) is 0 Å². The van der Waals surface area contributed by atoms with Gasteiger partial charge in [0.15, 0.2) is 5.96 Å². The van der Waals surface area contributed by atoms with Gasteiger partial charge >= 0.3 is 0 Å². The predicted octanol–water partition coefficient (Wildman–Crippen LogP) is 1.78. The number of nitrogens with zero attached hydrogens (tertiary/aromatic N) is 1. The first-order chi connectivity index (χ1) is 8.72. The van der Waals surface area contributed by atoms with Crippen molar-refractivity contribution in [3.8, 4) is 0 Å². The molecule has 0 aliphatic heterocycles. The van der Waals surface area contributed by atoms with Crippen LogP contribution < -0.4 is 10.6 Å². The number of halogens is 1. The molecular formula is C13H28IN3O2S. The van der Waals surface area contributed by atoms with E-state index < -0.39 is 9.84 Å². The Balaban J connectivity index is 0.00000361. The molecule has 0 amide bonds. The molecule has 0 aromatic rings. The lowest BCUT2D eigenvalue weighted by Crippen LogP contribution is -2.39. The van der Waals surface area contributed by atoms with Crippen LogP contribution in [0.4, 0.5) is 0 Å². The molecule has 20 heavy (non-hydrogen) atoms. The standard InChI is InChI=1S/C13H27N3O2S.HI/c1-5-14-12(16-11-6-7-11)15-10-13(2,3)8-9-19(4,17)18;/h11H,5-10H2,1-4H3,(H2,14,15,16);1H. The number of rotatable bonds is 7. The maximum atomic E-state index is 11.2. The monoisotopic (exact) mass is 417 g/mol. The second kappa shape index (κ2) is 8.41. The van der Waals surface area contributed by atoms with E-state index in [1.165, 1.54) is 19.1 Å². The van der Waals surface area contributed by atoms with Crippen LogP contribution in [0.3, 0.4) is 0 Å². The van der Waals surface area contributed by atoms with Crippen molar-refractivity contribution < 1.29 is 8.42 Å². The van der Waals surface area contributed by atoms with E-state index in [4.69, 9.17) is 0 Å². The summed E-state index contributed by atoms with van der Waals surface area (Å²) in [7, 11) is -2.89. The summed E-state index contributed by atoms with van der Waals surface area (Å²) in [5.74, 6) is 1.07. The van der Waals surface area contributed by atoms with Crippen LogP contribution >= 0.6 is 24.0 Å². The Morgan fingerprint density at radius 2 is 1.95 bits per heavy atom. The molecule has 1 saturated carbocycles. The average molecular weight is 417 g/mol. The van der Waals surface area contributed by atoms with Gasteiger partial charge in [0.05, 0.1) is 5.75 Å². The molecular weight excluding hydrogens is 389 g/mol. The second-order valence-electron chi connectivity index (χ2n) is 6.16. The zero-order chi connectivity index (χ0) is 14.5. The zero-order valence-electron chi connectivity index (χ0n) is 12.9. The first-order valence-corrected chi connectivity index (χ1v) is 9.00. The number of sulfone groups is 1. The van der Waals surface area contributed by atoms with Gasteiger partial charge in [0.2, 0.25) is 0 Å². The molecule has 1 aliphatic rings. The molecule has 1 rings (SSSR count). The number of guanidine groups is 1. The first kappa shape index (κ1) is 19.9. The predicted molar refractivity (Wildman–Crippen MR) is 95.7 cm³/mol. The van der Waals surface area contributed by atoms with Crippen LogP contribution in [0.15, 0.2) is 4.99 Å². The van der Waals surface area contributed by atoms with Gasteiger partial charge in [-0.15, -0.1) is 24.0 Å². The summed E-state index contributed by atoms with van der Waals surface area (Å²) in [4.78, 5) is 4.57. The van der Waals surface area contributed by atoms with E-state index in [2.05, 4.69) is 29.5 Å². The van der Waals surface area contributed by atoms with E-state index >= 15 is 0 Å². The fourth-order valence-electron chi connectivity index (χ4n) is 1.57. The number of hydrogen-bond acceptors (Lipinski definition) is 3. The Bertz CT molecular complexity index is 417. The van der Waals surface area contributed by atoms with Gasteiger partial charge in [-0.1, -0.05) is 13.8 Å². The lowest BCUT2D eigenvalue weighted by molar-refractivity contribution is 0.365. The number of aliphatic imine (C=N–C) groups is 1. The van der Waals surface area contributed by atoms with E-state index in [0.717, 1.165) is 12.5 Å². The summed E-state index contributed by atoms with van der Waals surface area (Å²) >= 11 is 0. The molecule has 0 unspecified atom stereocenters. The van der Waals surface area contributed by atoms with Gasteiger partial charge < -0.3 is 10.6 Å². The molecule has 120 valence electrons. The highest BCUT2D eigenvalue weighted by molar-refractivity contribution is 14.0. The minimum atomic E-state index is -2.89. The quantitative estimate of drug-likeness (QED) is 0.377. The van der Waals surface area contributed by atoms with Gasteiger partial charge in [-0.3, -0.25) is 4.99 Å². The summed E-state index contributed by atoms with van der Waals surface area (Å²) in [6, 6.07) is 0.567. The summed E-state index contributed by atoms with van der Waals surface area (Å²) in [5.41, 5.74) is -0.102. The van der Waals surface area contributed by atoms with Crippen molar-refractivity contribution in [1.82, 2.24) is 10.6 Å². The van der Waals surface area contributed by atoms with Crippen LogP contribution in [0.1, 0.15) is 40.0 Å². The Labute approximate surface area is 140 Å². The minimum absolute atomic E-state index is 0. The fourth-order valence-corrected chi connectivity index (χ4v) is 2.50. The van der Waals surface area contributed by atoms with Gasteiger partial charge in [-0.05, 0) is 31.6 Å². The Morgan fingerprint density at radius 3 is 2.40 bits per heavy atom. The molecule has 0 bridgehead atoms. The third-order valence-electron chi connectivity index (χ3n) is 3.08. The van der Waals surface area contributed by atoms with Crippen LogP contribution in [-0.2, 0) is 9.84 Å². The Morgan fingerprint density at radius 1 is 1.35 bits per heavy atom. The second-order valence-corrected chi connectivity index (χ2v) is 8.42. The van der Waals surface area contributed by atoms with Gasteiger partial charge in [0.1, 0.15) is 9.84 Å². The smallest absolute Gasteiger partial charge is 0.191 e. The van der Waals surface area contributed by atoms with Gasteiger partial charge in [0, 0.05) is 25.4 Å². The maximum absolute atomic E-state index is 11.2. The topological polar surface area (TPSA) is 70.6 Å². The molecule has 7 heteroatoms. The van der Waals surface area contributed by atoms with Crippen LogP contribution in [0.25, 0.3) is 0 Å². The van der Waals surface area contributed by atoms with Crippen LogP contribution in [-0.4, -0.2) is 45.5 Å². The summed E-state index contributed by atoms with van der Waals surface area (Å²) in [6.07, 6.45) is 4.34. The molecule has 0 radical (unpaired) electrons. The SMILES string of the molecule is CCNC(=NCC(C)(C)CCS(C)(=O)=O)NC1CC1.I.